The molecular formula is C22H31N3O4S. The molecule has 164 valence electrons. The van der Waals surface area contributed by atoms with Crippen LogP contribution in [0, 0.1) is 5.92 Å². The number of rotatable bonds is 5. The normalized spacial score (nSPS) is 16.1. The van der Waals surface area contributed by atoms with Crippen molar-refractivity contribution in [3.63, 3.8) is 0 Å². The molecule has 0 spiro atoms. The fraction of sp³-hybridized carbons (Fsp3) is 0.545. The van der Waals surface area contributed by atoms with Crippen LogP contribution in [0.3, 0.4) is 0 Å². The molecule has 0 radical (unpaired) electrons. The van der Waals surface area contributed by atoms with Crippen LogP contribution in [-0.2, 0) is 26.0 Å². The third-order valence-electron chi connectivity index (χ3n) is 5.36. The van der Waals surface area contributed by atoms with Gasteiger partial charge in [0.25, 0.3) is 0 Å². The van der Waals surface area contributed by atoms with Gasteiger partial charge in [-0.25, -0.2) is 8.42 Å². The van der Waals surface area contributed by atoms with Crippen LogP contribution in [0.15, 0.2) is 35.4 Å². The molecule has 30 heavy (non-hydrogen) atoms. The Morgan fingerprint density at radius 3 is 2.40 bits per heavy atom. The Balaban J connectivity index is 1.86. The molecule has 0 saturated carbocycles. The topological polar surface area (TPSA) is 88.5 Å². The molecule has 1 N–H and O–H groups in total. The zero-order valence-corrected chi connectivity index (χ0v) is 19.0. The molecule has 7 nitrogen and oxygen atoms in total. The average molecular weight is 434 g/mol. The summed E-state index contributed by atoms with van der Waals surface area (Å²) in [5.41, 5.74) is 0.157. The first-order valence-corrected chi connectivity index (χ1v) is 12.0. The predicted molar refractivity (Wildman–Crippen MR) is 117 cm³/mol. The maximum absolute atomic E-state index is 13.0. The second-order valence-electron chi connectivity index (χ2n) is 9.26. The molecular weight excluding hydrogens is 402 g/mol. The highest BCUT2D eigenvalue weighted by Crippen LogP contribution is 2.27. The second-order valence-corrected chi connectivity index (χ2v) is 11.2. The van der Waals surface area contributed by atoms with E-state index < -0.39 is 27.0 Å². The lowest BCUT2D eigenvalue weighted by Crippen LogP contribution is -2.43. The van der Waals surface area contributed by atoms with Crippen LogP contribution in [0.25, 0.3) is 10.9 Å². The van der Waals surface area contributed by atoms with E-state index in [-0.39, 0.29) is 17.3 Å². The SMILES string of the molecule is CC1CCN(C(=O)Cn2cc(S(=O)(=O)CC(=O)NC(C)(C)C)c3ccccc32)CC1. The average Bonchev–Trinajstić information content (AvgIpc) is 3.00. The maximum Gasteiger partial charge on any atom is 0.242 e. The molecule has 2 heterocycles. The van der Waals surface area contributed by atoms with Gasteiger partial charge in [-0.2, -0.15) is 0 Å². The first-order valence-electron chi connectivity index (χ1n) is 10.4. The zero-order chi connectivity index (χ0) is 22.1. The largest absolute Gasteiger partial charge is 0.351 e. The highest BCUT2D eigenvalue weighted by Gasteiger charge is 2.27. The number of para-hydroxylation sites is 1. The Bertz CT molecular complexity index is 1040. The van der Waals surface area contributed by atoms with Gasteiger partial charge in [0.05, 0.1) is 4.90 Å². The summed E-state index contributed by atoms with van der Waals surface area (Å²) in [7, 11) is -3.86. The van der Waals surface area contributed by atoms with Crippen molar-refractivity contribution in [3.8, 4) is 0 Å². The molecule has 1 aliphatic heterocycles. The monoisotopic (exact) mass is 433 g/mol. The van der Waals surface area contributed by atoms with Gasteiger partial charge in [-0.1, -0.05) is 25.1 Å². The lowest BCUT2D eigenvalue weighted by molar-refractivity contribution is -0.133. The summed E-state index contributed by atoms with van der Waals surface area (Å²) in [5, 5.41) is 3.22. The molecule has 0 aliphatic carbocycles. The number of sulfone groups is 1. The molecule has 0 bridgehead atoms. The molecule has 1 aromatic heterocycles. The third-order valence-corrected chi connectivity index (χ3v) is 7.00. The van der Waals surface area contributed by atoms with Gasteiger partial charge in [-0.3, -0.25) is 9.59 Å². The van der Waals surface area contributed by atoms with Gasteiger partial charge in [0.1, 0.15) is 12.3 Å². The summed E-state index contributed by atoms with van der Waals surface area (Å²) in [6.07, 6.45) is 3.47. The predicted octanol–water partition coefficient (Wildman–Crippen LogP) is 2.59. The van der Waals surface area contributed by atoms with Gasteiger partial charge in [0, 0.05) is 35.7 Å². The first-order chi connectivity index (χ1) is 14.0. The molecule has 1 fully saturated rings. The van der Waals surface area contributed by atoms with E-state index in [2.05, 4.69) is 12.2 Å². The van der Waals surface area contributed by atoms with Gasteiger partial charge < -0.3 is 14.8 Å². The van der Waals surface area contributed by atoms with E-state index in [9.17, 15) is 18.0 Å². The molecule has 0 atom stereocenters. The van der Waals surface area contributed by atoms with Crippen molar-refractivity contribution < 1.29 is 18.0 Å². The summed E-state index contributed by atoms with van der Waals surface area (Å²) in [5.74, 6) is -0.566. The van der Waals surface area contributed by atoms with Crippen LogP contribution in [0.2, 0.25) is 0 Å². The maximum atomic E-state index is 13.0. The van der Waals surface area contributed by atoms with Crippen molar-refractivity contribution in [3.05, 3.63) is 30.5 Å². The van der Waals surface area contributed by atoms with Crippen molar-refractivity contribution in [1.82, 2.24) is 14.8 Å². The van der Waals surface area contributed by atoms with Crippen LogP contribution >= 0.6 is 0 Å². The molecule has 3 rings (SSSR count). The molecule has 8 heteroatoms. The fourth-order valence-electron chi connectivity index (χ4n) is 3.80. The number of nitrogens with zero attached hydrogens (tertiary/aromatic N) is 2. The van der Waals surface area contributed by atoms with Crippen molar-refractivity contribution in [2.75, 3.05) is 18.8 Å². The van der Waals surface area contributed by atoms with Gasteiger partial charge in [0.15, 0.2) is 9.84 Å². The number of carbonyl (C=O) groups is 2. The Hall–Kier alpha value is -2.35. The minimum atomic E-state index is -3.86. The van der Waals surface area contributed by atoms with E-state index >= 15 is 0 Å². The highest BCUT2D eigenvalue weighted by atomic mass is 32.2. The summed E-state index contributed by atoms with van der Waals surface area (Å²) in [6.45, 7) is 9.14. The molecule has 0 unspecified atom stereocenters. The Labute approximate surface area is 178 Å². The zero-order valence-electron chi connectivity index (χ0n) is 18.1. The summed E-state index contributed by atoms with van der Waals surface area (Å²) < 4.78 is 27.7. The molecule has 1 saturated heterocycles. The molecule has 2 amide bonds. The minimum absolute atomic E-state index is 0.0166. The third kappa shape index (κ3) is 5.22. The van der Waals surface area contributed by atoms with E-state index in [1.807, 2.05) is 11.0 Å². The Morgan fingerprint density at radius 2 is 1.77 bits per heavy atom. The van der Waals surface area contributed by atoms with Gasteiger partial charge in [0.2, 0.25) is 11.8 Å². The quantitative estimate of drug-likeness (QED) is 0.785. The second kappa shape index (κ2) is 8.41. The fourth-order valence-corrected chi connectivity index (χ4v) is 5.17. The minimum Gasteiger partial charge on any atom is -0.351 e. The highest BCUT2D eigenvalue weighted by molar-refractivity contribution is 7.92. The van der Waals surface area contributed by atoms with Gasteiger partial charge >= 0.3 is 0 Å². The lowest BCUT2D eigenvalue weighted by Gasteiger charge is -2.30. The Kier molecular flexibility index (Phi) is 6.26. The molecule has 2 aromatic rings. The van der Waals surface area contributed by atoms with E-state index in [0.717, 1.165) is 25.9 Å². The van der Waals surface area contributed by atoms with Crippen molar-refractivity contribution in [1.29, 1.82) is 0 Å². The number of aromatic nitrogens is 1. The van der Waals surface area contributed by atoms with E-state index in [0.29, 0.717) is 16.8 Å². The number of hydrogen-bond donors (Lipinski definition) is 1. The van der Waals surface area contributed by atoms with E-state index in [1.54, 1.807) is 43.5 Å². The van der Waals surface area contributed by atoms with Crippen molar-refractivity contribution in [2.24, 2.45) is 5.92 Å². The number of carbonyl (C=O) groups excluding carboxylic acids is 2. The summed E-state index contributed by atoms with van der Waals surface area (Å²) in [4.78, 5) is 27.0. The van der Waals surface area contributed by atoms with Gasteiger partial charge in [-0.15, -0.1) is 0 Å². The molecule has 1 aliphatic rings. The summed E-state index contributed by atoms with van der Waals surface area (Å²) in [6, 6.07) is 7.09. The standard InChI is InChI=1S/C22H31N3O4S/c1-16-9-11-24(12-10-16)21(27)14-25-13-19(17-7-5-6-8-18(17)25)30(28,29)15-20(26)23-22(2,3)4/h5-8,13,16H,9-12,14-15H2,1-4H3,(H,23,26). The number of nitrogens with one attached hydrogen (secondary N) is 1. The van der Waals surface area contributed by atoms with Gasteiger partial charge in [-0.05, 0) is 45.6 Å². The Morgan fingerprint density at radius 1 is 1.13 bits per heavy atom. The van der Waals surface area contributed by atoms with Crippen LogP contribution in [0.4, 0.5) is 0 Å². The number of hydrogen-bond acceptors (Lipinski definition) is 4. The molecule has 1 aromatic carbocycles. The first kappa shape index (κ1) is 22.3. The van der Waals surface area contributed by atoms with Crippen LogP contribution in [0.5, 0.6) is 0 Å². The number of piperidine rings is 1. The number of fused-ring (bicyclic) bond motifs is 1. The summed E-state index contributed by atoms with van der Waals surface area (Å²) >= 11 is 0. The van der Waals surface area contributed by atoms with Crippen molar-refractivity contribution in [2.45, 2.75) is 57.5 Å². The van der Waals surface area contributed by atoms with E-state index in [4.69, 9.17) is 0 Å². The van der Waals surface area contributed by atoms with Crippen LogP contribution < -0.4 is 5.32 Å². The number of likely N-dealkylation sites (tertiary alicyclic amines) is 1. The lowest BCUT2D eigenvalue weighted by atomic mass is 9.99. The van der Waals surface area contributed by atoms with Crippen molar-refractivity contribution >= 4 is 32.6 Å². The smallest absolute Gasteiger partial charge is 0.242 e. The van der Waals surface area contributed by atoms with Crippen LogP contribution in [0.1, 0.15) is 40.5 Å². The number of amides is 2. The van der Waals surface area contributed by atoms with Crippen LogP contribution in [-0.4, -0.2) is 54.1 Å². The van der Waals surface area contributed by atoms with E-state index in [1.165, 1.54) is 6.20 Å². The number of benzene rings is 1.